The van der Waals surface area contributed by atoms with Crippen LogP contribution in [0.4, 0.5) is 11.4 Å². The first-order valence-corrected chi connectivity index (χ1v) is 12.1. The maximum atomic E-state index is 13.0. The van der Waals surface area contributed by atoms with Crippen molar-refractivity contribution in [2.75, 3.05) is 28.4 Å². The fourth-order valence-corrected chi connectivity index (χ4v) is 6.05. The summed E-state index contributed by atoms with van der Waals surface area (Å²) < 4.78 is 59.5. The lowest BCUT2D eigenvalue weighted by atomic mass is 10.1. The molecule has 0 saturated carbocycles. The van der Waals surface area contributed by atoms with E-state index in [1.165, 1.54) is 23.5 Å². The quantitative estimate of drug-likeness (QED) is 0.668. The number of methoxy groups -OCH3 is 1. The van der Waals surface area contributed by atoms with E-state index >= 15 is 0 Å². The van der Waals surface area contributed by atoms with Gasteiger partial charge in [-0.15, -0.1) is 0 Å². The van der Waals surface area contributed by atoms with Crippen LogP contribution in [0.25, 0.3) is 10.8 Å². The molecule has 0 amide bonds. The maximum absolute atomic E-state index is 13.0. The molecule has 0 bridgehead atoms. The van der Waals surface area contributed by atoms with Crippen molar-refractivity contribution in [3.63, 3.8) is 0 Å². The van der Waals surface area contributed by atoms with E-state index in [1.54, 1.807) is 24.3 Å². The summed E-state index contributed by atoms with van der Waals surface area (Å²) in [5, 5.41) is 1.74. The average molecular weight is 433 g/mol. The number of anilines is 2. The Labute approximate surface area is 170 Å². The first kappa shape index (κ1) is 19.5. The molecule has 1 heterocycles. The van der Waals surface area contributed by atoms with E-state index in [9.17, 15) is 16.8 Å². The number of benzene rings is 3. The fourth-order valence-electron chi connectivity index (χ4n) is 3.40. The van der Waals surface area contributed by atoms with E-state index in [1.807, 2.05) is 24.3 Å². The molecule has 0 atom stereocenters. The standard InChI is InChI=1S/C20H20N2O5S2/c1-27-20-10-8-17(22-11-4-12-28(22,23)24)14-19(20)21-29(25,26)18-9-7-15-5-2-3-6-16(15)13-18/h2-3,5-10,13-14,21H,4,11-12H2,1H3. The Morgan fingerprint density at radius 2 is 1.76 bits per heavy atom. The molecule has 1 aliphatic rings. The predicted octanol–water partition coefficient (Wildman–Crippen LogP) is 3.19. The Kier molecular flexibility index (Phi) is 4.87. The molecule has 152 valence electrons. The summed E-state index contributed by atoms with van der Waals surface area (Å²) in [6.07, 6.45) is 0.534. The second kappa shape index (κ2) is 7.23. The number of ether oxygens (including phenoxy) is 1. The fraction of sp³-hybridized carbons (Fsp3) is 0.200. The van der Waals surface area contributed by atoms with Crippen LogP contribution in [-0.2, 0) is 20.0 Å². The van der Waals surface area contributed by atoms with E-state index < -0.39 is 20.0 Å². The van der Waals surface area contributed by atoms with Crippen LogP contribution in [0.5, 0.6) is 5.75 Å². The molecular weight excluding hydrogens is 412 g/mol. The first-order valence-electron chi connectivity index (χ1n) is 9.00. The Morgan fingerprint density at radius 3 is 2.45 bits per heavy atom. The summed E-state index contributed by atoms with van der Waals surface area (Å²) in [4.78, 5) is 0.109. The number of sulfonamides is 2. The monoisotopic (exact) mass is 432 g/mol. The first-order chi connectivity index (χ1) is 13.8. The molecule has 29 heavy (non-hydrogen) atoms. The molecule has 1 saturated heterocycles. The molecule has 3 aromatic carbocycles. The van der Waals surface area contributed by atoms with Crippen LogP contribution in [0, 0.1) is 0 Å². The number of nitrogens with zero attached hydrogens (tertiary/aromatic N) is 1. The van der Waals surface area contributed by atoms with Crippen molar-refractivity contribution in [1.82, 2.24) is 0 Å². The van der Waals surface area contributed by atoms with Crippen molar-refractivity contribution in [1.29, 1.82) is 0 Å². The van der Waals surface area contributed by atoms with Gasteiger partial charge in [0.25, 0.3) is 10.0 Å². The van der Waals surface area contributed by atoms with E-state index in [0.29, 0.717) is 24.4 Å². The van der Waals surface area contributed by atoms with E-state index in [-0.39, 0.29) is 16.3 Å². The normalized spacial score (nSPS) is 16.1. The van der Waals surface area contributed by atoms with Gasteiger partial charge in [-0.1, -0.05) is 30.3 Å². The zero-order valence-electron chi connectivity index (χ0n) is 15.7. The Hall–Kier alpha value is -2.78. The van der Waals surface area contributed by atoms with Gasteiger partial charge in [-0.3, -0.25) is 9.03 Å². The van der Waals surface area contributed by atoms with Crippen LogP contribution in [0.2, 0.25) is 0 Å². The van der Waals surface area contributed by atoms with E-state index in [0.717, 1.165) is 10.8 Å². The number of fused-ring (bicyclic) bond motifs is 1. The van der Waals surface area contributed by atoms with E-state index in [4.69, 9.17) is 4.74 Å². The number of hydrogen-bond donors (Lipinski definition) is 1. The molecule has 1 fully saturated rings. The zero-order chi connectivity index (χ0) is 20.6. The minimum atomic E-state index is -3.90. The smallest absolute Gasteiger partial charge is 0.262 e. The van der Waals surface area contributed by atoms with Gasteiger partial charge in [-0.2, -0.15) is 0 Å². The minimum absolute atomic E-state index is 0.0805. The summed E-state index contributed by atoms with van der Waals surface area (Å²) in [5.74, 6) is 0.381. The topological polar surface area (TPSA) is 92.8 Å². The summed E-state index contributed by atoms with van der Waals surface area (Å²) in [7, 11) is -5.86. The van der Waals surface area contributed by atoms with Crippen molar-refractivity contribution < 1.29 is 21.6 Å². The van der Waals surface area contributed by atoms with Crippen LogP contribution in [-0.4, -0.2) is 36.2 Å². The molecule has 3 aromatic rings. The van der Waals surface area contributed by atoms with Crippen LogP contribution in [0.3, 0.4) is 0 Å². The zero-order valence-corrected chi connectivity index (χ0v) is 17.3. The summed E-state index contributed by atoms with van der Waals surface area (Å²) in [6.45, 7) is 0.367. The molecule has 1 N–H and O–H groups in total. The number of hydrogen-bond acceptors (Lipinski definition) is 5. The van der Waals surface area contributed by atoms with Gasteiger partial charge >= 0.3 is 0 Å². The van der Waals surface area contributed by atoms with Crippen LogP contribution >= 0.6 is 0 Å². The highest BCUT2D eigenvalue weighted by atomic mass is 32.2. The summed E-state index contributed by atoms with van der Waals surface area (Å²) in [5.41, 5.74) is 0.583. The molecular formula is C20H20N2O5S2. The molecule has 0 spiro atoms. The highest BCUT2D eigenvalue weighted by Gasteiger charge is 2.29. The predicted molar refractivity (Wildman–Crippen MR) is 114 cm³/mol. The van der Waals surface area contributed by atoms with Crippen LogP contribution < -0.4 is 13.8 Å². The summed E-state index contributed by atoms with van der Waals surface area (Å²) >= 11 is 0. The molecule has 0 unspecified atom stereocenters. The second-order valence-corrected chi connectivity index (χ2v) is 10.4. The average Bonchev–Trinajstić information content (AvgIpc) is 3.06. The van der Waals surface area contributed by atoms with Gasteiger partial charge in [0.05, 0.1) is 29.1 Å². The molecule has 0 aromatic heterocycles. The number of rotatable bonds is 5. The molecule has 9 heteroatoms. The largest absolute Gasteiger partial charge is 0.495 e. The van der Waals surface area contributed by atoms with Crippen LogP contribution in [0.15, 0.2) is 65.6 Å². The SMILES string of the molecule is COc1ccc(N2CCCS2(=O)=O)cc1NS(=O)(=O)c1ccc2ccccc2c1. The molecule has 4 rings (SSSR count). The third kappa shape index (κ3) is 3.75. The highest BCUT2D eigenvalue weighted by Crippen LogP contribution is 2.34. The van der Waals surface area contributed by atoms with Crippen molar-refractivity contribution in [2.24, 2.45) is 0 Å². The van der Waals surface area contributed by atoms with Crippen molar-refractivity contribution in [2.45, 2.75) is 11.3 Å². The second-order valence-electron chi connectivity index (χ2n) is 6.74. The third-order valence-corrected chi connectivity index (χ3v) is 8.08. The van der Waals surface area contributed by atoms with Gasteiger partial charge in [0.2, 0.25) is 10.0 Å². The molecule has 1 aliphatic heterocycles. The van der Waals surface area contributed by atoms with Crippen LogP contribution in [0.1, 0.15) is 6.42 Å². The lowest BCUT2D eigenvalue weighted by Crippen LogP contribution is -2.25. The van der Waals surface area contributed by atoms with Gasteiger partial charge in [0.1, 0.15) is 5.75 Å². The third-order valence-electron chi connectivity index (χ3n) is 4.85. The Bertz CT molecular complexity index is 1290. The lowest BCUT2D eigenvalue weighted by Gasteiger charge is -2.19. The Balaban J connectivity index is 1.72. The summed E-state index contributed by atoms with van der Waals surface area (Å²) in [6, 6.07) is 17.0. The molecule has 0 radical (unpaired) electrons. The van der Waals surface area contributed by atoms with Crippen molar-refractivity contribution in [3.05, 3.63) is 60.7 Å². The lowest BCUT2D eigenvalue weighted by molar-refractivity contribution is 0.417. The molecule has 7 nitrogen and oxygen atoms in total. The van der Waals surface area contributed by atoms with Gasteiger partial charge in [0.15, 0.2) is 0 Å². The van der Waals surface area contributed by atoms with Crippen molar-refractivity contribution >= 4 is 42.2 Å². The Morgan fingerprint density at radius 1 is 1.00 bits per heavy atom. The highest BCUT2D eigenvalue weighted by molar-refractivity contribution is 7.93. The van der Waals surface area contributed by atoms with Gasteiger partial charge in [0, 0.05) is 6.54 Å². The van der Waals surface area contributed by atoms with Gasteiger partial charge in [-0.25, -0.2) is 16.8 Å². The maximum Gasteiger partial charge on any atom is 0.262 e. The van der Waals surface area contributed by atoms with Gasteiger partial charge < -0.3 is 4.74 Å². The van der Waals surface area contributed by atoms with Gasteiger partial charge in [-0.05, 0) is 47.5 Å². The molecule has 0 aliphatic carbocycles. The number of nitrogens with one attached hydrogen (secondary N) is 1. The van der Waals surface area contributed by atoms with Crippen molar-refractivity contribution in [3.8, 4) is 5.75 Å². The minimum Gasteiger partial charge on any atom is -0.495 e. The van der Waals surface area contributed by atoms with E-state index in [2.05, 4.69) is 4.72 Å².